The average Bonchev–Trinajstić information content (AvgIpc) is 2.65. The van der Waals surface area contributed by atoms with E-state index in [1.807, 2.05) is 0 Å². The standard InChI is InChI=1S/C24H32/c1-22(2,3)15-16-9-11-18-19-12-10-17(23(4,5)6)14-21(19)24(7,8)20(18)13-16/h9-14H,15H2,1-8H3. The molecular weight excluding hydrogens is 288 g/mol. The summed E-state index contributed by atoms with van der Waals surface area (Å²) in [6, 6.07) is 14.2. The van der Waals surface area contributed by atoms with Crippen molar-refractivity contribution in [2.24, 2.45) is 5.41 Å². The Morgan fingerprint density at radius 2 is 1.29 bits per heavy atom. The molecule has 0 heterocycles. The second-order valence-corrected chi connectivity index (χ2v) is 10.3. The van der Waals surface area contributed by atoms with Gasteiger partial charge in [0.15, 0.2) is 0 Å². The first-order valence-electron chi connectivity index (χ1n) is 9.18. The van der Waals surface area contributed by atoms with Crippen LogP contribution < -0.4 is 0 Å². The van der Waals surface area contributed by atoms with Crippen molar-refractivity contribution in [3.8, 4) is 11.1 Å². The Kier molecular flexibility index (Phi) is 3.75. The van der Waals surface area contributed by atoms with Gasteiger partial charge in [-0.3, -0.25) is 0 Å². The Morgan fingerprint density at radius 1 is 0.750 bits per heavy atom. The number of hydrogen-bond donors (Lipinski definition) is 0. The van der Waals surface area contributed by atoms with Crippen LogP contribution >= 0.6 is 0 Å². The highest BCUT2D eigenvalue weighted by molar-refractivity contribution is 5.81. The quantitative estimate of drug-likeness (QED) is 0.537. The maximum atomic E-state index is 2.46. The summed E-state index contributed by atoms with van der Waals surface area (Å²) >= 11 is 0. The maximum absolute atomic E-state index is 2.46. The smallest absolute Gasteiger partial charge is 0.0159 e. The van der Waals surface area contributed by atoms with E-state index < -0.39 is 0 Å². The SMILES string of the molecule is CC(C)(C)Cc1ccc2c(c1)C(C)(C)c1cc(C(C)(C)C)ccc1-2. The van der Waals surface area contributed by atoms with Gasteiger partial charge in [-0.1, -0.05) is 91.8 Å². The molecule has 0 spiro atoms. The van der Waals surface area contributed by atoms with Crippen LogP contribution in [0.25, 0.3) is 11.1 Å². The minimum atomic E-state index is 0.0832. The monoisotopic (exact) mass is 320 g/mol. The van der Waals surface area contributed by atoms with Crippen molar-refractivity contribution < 1.29 is 0 Å². The molecule has 0 heteroatoms. The van der Waals surface area contributed by atoms with Gasteiger partial charge in [-0.05, 0) is 50.6 Å². The topological polar surface area (TPSA) is 0 Å². The second kappa shape index (κ2) is 5.22. The molecule has 0 atom stereocenters. The van der Waals surface area contributed by atoms with E-state index in [9.17, 15) is 0 Å². The zero-order valence-corrected chi connectivity index (χ0v) is 16.7. The summed E-state index contributed by atoms with van der Waals surface area (Å²) in [6.45, 7) is 18.6. The summed E-state index contributed by atoms with van der Waals surface area (Å²) in [5, 5.41) is 0. The maximum Gasteiger partial charge on any atom is 0.0159 e. The van der Waals surface area contributed by atoms with E-state index in [1.165, 1.54) is 33.4 Å². The predicted octanol–water partition coefficient (Wildman–Crippen LogP) is 6.88. The molecule has 0 saturated carbocycles. The predicted molar refractivity (Wildman–Crippen MR) is 106 cm³/mol. The molecule has 0 saturated heterocycles. The lowest BCUT2D eigenvalue weighted by atomic mass is 9.78. The molecule has 0 nitrogen and oxygen atoms in total. The Balaban J connectivity index is 2.12. The van der Waals surface area contributed by atoms with Crippen LogP contribution in [0.5, 0.6) is 0 Å². The van der Waals surface area contributed by atoms with Crippen LogP contribution in [0, 0.1) is 5.41 Å². The highest BCUT2D eigenvalue weighted by Gasteiger charge is 2.36. The number of benzene rings is 2. The summed E-state index contributed by atoms with van der Waals surface area (Å²) in [5.41, 5.74) is 9.30. The summed E-state index contributed by atoms with van der Waals surface area (Å²) < 4.78 is 0. The average molecular weight is 321 g/mol. The van der Waals surface area contributed by atoms with Gasteiger partial charge in [0.2, 0.25) is 0 Å². The van der Waals surface area contributed by atoms with Crippen LogP contribution in [-0.4, -0.2) is 0 Å². The first-order valence-corrected chi connectivity index (χ1v) is 9.18. The summed E-state index contributed by atoms with van der Waals surface area (Å²) in [5.74, 6) is 0. The van der Waals surface area contributed by atoms with Crippen molar-refractivity contribution in [1.82, 2.24) is 0 Å². The van der Waals surface area contributed by atoms with Gasteiger partial charge in [-0.25, -0.2) is 0 Å². The van der Waals surface area contributed by atoms with Gasteiger partial charge < -0.3 is 0 Å². The van der Waals surface area contributed by atoms with E-state index >= 15 is 0 Å². The molecule has 0 bridgehead atoms. The molecule has 1 aliphatic carbocycles. The zero-order chi connectivity index (χ0) is 17.9. The van der Waals surface area contributed by atoms with Gasteiger partial charge in [-0.15, -0.1) is 0 Å². The molecule has 128 valence electrons. The van der Waals surface area contributed by atoms with Crippen molar-refractivity contribution >= 4 is 0 Å². The molecule has 2 aromatic rings. The van der Waals surface area contributed by atoms with E-state index in [4.69, 9.17) is 0 Å². The second-order valence-electron chi connectivity index (χ2n) is 10.3. The Hall–Kier alpha value is -1.56. The normalized spacial score (nSPS) is 16.0. The summed E-state index contributed by atoms with van der Waals surface area (Å²) in [6.07, 6.45) is 1.12. The fourth-order valence-electron chi connectivity index (χ4n) is 3.97. The largest absolute Gasteiger partial charge is 0.0599 e. The van der Waals surface area contributed by atoms with Crippen LogP contribution in [0.3, 0.4) is 0 Å². The highest BCUT2D eigenvalue weighted by Crippen LogP contribution is 2.50. The molecule has 0 radical (unpaired) electrons. The molecule has 0 unspecified atom stereocenters. The van der Waals surface area contributed by atoms with E-state index in [-0.39, 0.29) is 10.8 Å². The summed E-state index contributed by atoms with van der Waals surface area (Å²) in [7, 11) is 0. The minimum Gasteiger partial charge on any atom is -0.0599 e. The highest BCUT2D eigenvalue weighted by atomic mass is 14.4. The third-order valence-electron chi connectivity index (χ3n) is 5.34. The van der Waals surface area contributed by atoms with Crippen LogP contribution in [0.15, 0.2) is 36.4 Å². The molecular formula is C24H32. The van der Waals surface area contributed by atoms with Crippen LogP contribution in [0.1, 0.15) is 77.6 Å². The third kappa shape index (κ3) is 2.92. The van der Waals surface area contributed by atoms with Gasteiger partial charge in [0.25, 0.3) is 0 Å². The molecule has 24 heavy (non-hydrogen) atoms. The van der Waals surface area contributed by atoms with E-state index in [0.29, 0.717) is 5.41 Å². The Labute approximate surface area is 148 Å². The van der Waals surface area contributed by atoms with Crippen molar-refractivity contribution in [3.63, 3.8) is 0 Å². The summed E-state index contributed by atoms with van der Waals surface area (Å²) in [4.78, 5) is 0. The molecule has 1 aliphatic rings. The first-order chi connectivity index (χ1) is 10.9. The fraction of sp³-hybridized carbons (Fsp3) is 0.500. The van der Waals surface area contributed by atoms with Crippen molar-refractivity contribution in [1.29, 1.82) is 0 Å². The fourth-order valence-corrected chi connectivity index (χ4v) is 3.97. The minimum absolute atomic E-state index is 0.0832. The van der Waals surface area contributed by atoms with Gasteiger partial charge in [0.1, 0.15) is 0 Å². The molecule has 2 aromatic carbocycles. The van der Waals surface area contributed by atoms with Crippen molar-refractivity contribution in [3.05, 3.63) is 58.7 Å². The Bertz CT molecular complexity index is 777. The van der Waals surface area contributed by atoms with E-state index in [1.54, 1.807) is 0 Å². The molecule has 3 rings (SSSR count). The molecule has 0 amide bonds. The van der Waals surface area contributed by atoms with Gasteiger partial charge in [0.05, 0.1) is 0 Å². The lowest BCUT2D eigenvalue weighted by molar-refractivity contribution is 0.411. The zero-order valence-electron chi connectivity index (χ0n) is 16.7. The van der Waals surface area contributed by atoms with Crippen LogP contribution in [0.2, 0.25) is 0 Å². The number of rotatable bonds is 1. The first kappa shape index (κ1) is 17.3. The van der Waals surface area contributed by atoms with E-state index in [0.717, 1.165) is 6.42 Å². The molecule has 0 aromatic heterocycles. The molecule has 0 aliphatic heterocycles. The number of hydrogen-bond acceptors (Lipinski definition) is 0. The van der Waals surface area contributed by atoms with Crippen molar-refractivity contribution in [2.45, 2.75) is 72.6 Å². The van der Waals surface area contributed by atoms with Crippen LogP contribution in [0.4, 0.5) is 0 Å². The third-order valence-corrected chi connectivity index (χ3v) is 5.34. The van der Waals surface area contributed by atoms with E-state index in [2.05, 4.69) is 91.8 Å². The Morgan fingerprint density at radius 3 is 1.83 bits per heavy atom. The van der Waals surface area contributed by atoms with Crippen molar-refractivity contribution in [2.75, 3.05) is 0 Å². The number of fused-ring (bicyclic) bond motifs is 3. The lowest BCUT2D eigenvalue weighted by Crippen LogP contribution is -2.18. The molecule has 0 fully saturated rings. The molecule has 0 N–H and O–H groups in total. The van der Waals surface area contributed by atoms with Gasteiger partial charge in [-0.2, -0.15) is 0 Å². The van der Waals surface area contributed by atoms with Gasteiger partial charge >= 0.3 is 0 Å². The van der Waals surface area contributed by atoms with Gasteiger partial charge in [0, 0.05) is 5.41 Å². The lowest BCUT2D eigenvalue weighted by Gasteiger charge is -2.26. The van der Waals surface area contributed by atoms with Crippen LogP contribution in [-0.2, 0) is 17.3 Å².